The Balaban J connectivity index is 1.48. The van der Waals surface area contributed by atoms with E-state index >= 15 is 0 Å². The molecule has 2 aromatic heterocycles. The third-order valence-corrected chi connectivity index (χ3v) is 8.94. The van der Waals surface area contributed by atoms with E-state index in [1.165, 1.54) is 16.6 Å². The first kappa shape index (κ1) is 26.1. The van der Waals surface area contributed by atoms with E-state index in [0.29, 0.717) is 35.6 Å². The maximum Gasteiger partial charge on any atom is 0.340 e. The van der Waals surface area contributed by atoms with Crippen molar-refractivity contribution in [2.45, 2.75) is 38.0 Å². The van der Waals surface area contributed by atoms with Gasteiger partial charge in [0, 0.05) is 0 Å². The zero-order valence-corrected chi connectivity index (χ0v) is 20.9. The second-order valence-electron chi connectivity index (χ2n) is 8.13. The maximum absolute atomic E-state index is 13.6. The maximum atomic E-state index is 13.6. The summed E-state index contributed by atoms with van der Waals surface area (Å²) in [7, 11) is -9.18. The molecule has 0 saturated carbocycles. The monoisotopic (exact) mass is 549 g/mol. The van der Waals surface area contributed by atoms with Crippen LogP contribution in [0.3, 0.4) is 0 Å². The SMILES string of the molecule is C[C@H](Nc1nc(Cl)nn2c([C@H]3CC[C@@H](COP(=O)(O)CP(=O)(O)O)O3)cnc12)c1cccc(F)c1. The lowest BCUT2D eigenvalue weighted by molar-refractivity contribution is 0.0124. The lowest BCUT2D eigenvalue weighted by Gasteiger charge is -2.17. The number of ether oxygens (including phenoxy) is 1. The van der Waals surface area contributed by atoms with Gasteiger partial charge in [-0.1, -0.05) is 12.1 Å². The van der Waals surface area contributed by atoms with Crippen molar-refractivity contribution in [2.75, 3.05) is 17.8 Å². The molecule has 16 heteroatoms. The largest absolute Gasteiger partial charge is 0.366 e. The summed E-state index contributed by atoms with van der Waals surface area (Å²) in [4.78, 5) is 36.0. The molecule has 4 atom stereocenters. The van der Waals surface area contributed by atoms with Crippen LogP contribution in [0.4, 0.5) is 10.2 Å². The topological polar surface area (TPSA) is 168 Å². The Morgan fingerprint density at radius 2 is 2.11 bits per heavy atom. The molecule has 1 aliphatic rings. The van der Waals surface area contributed by atoms with E-state index < -0.39 is 33.3 Å². The van der Waals surface area contributed by atoms with E-state index in [1.807, 2.05) is 6.92 Å². The Labute approximate surface area is 204 Å². The van der Waals surface area contributed by atoms with Gasteiger partial charge in [-0.05, 0) is 49.1 Å². The van der Waals surface area contributed by atoms with Gasteiger partial charge in [0.05, 0.1) is 30.6 Å². The number of rotatable bonds is 9. The molecule has 0 radical (unpaired) electrons. The summed E-state index contributed by atoms with van der Waals surface area (Å²) in [6.07, 6.45) is 1.47. The summed E-state index contributed by atoms with van der Waals surface area (Å²) in [5.74, 6) is -1.28. The van der Waals surface area contributed by atoms with E-state index in [0.717, 1.165) is 0 Å². The molecule has 1 unspecified atom stereocenters. The van der Waals surface area contributed by atoms with Crippen molar-refractivity contribution in [3.63, 3.8) is 0 Å². The highest BCUT2D eigenvalue weighted by atomic mass is 35.5. The summed E-state index contributed by atoms with van der Waals surface area (Å²) in [5, 5.41) is 7.33. The fourth-order valence-electron chi connectivity index (χ4n) is 3.77. The number of fused-ring (bicyclic) bond motifs is 1. The third-order valence-electron chi connectivity index (χ3n) is 5.33. The first-order valence-electron chi connectivity index (χ1n) is 10.5. The summed E-state index contributed by atoms with van der Waals surface area (Å²) in [6, 6.07) is 5.84. The van der Waals surface area contributed by atoms with Crippen LogP contribution in [0.2, 0.25) is 5.28 Å². The Bertz CT molecular complexity index is 1320. The first-order valence-corrected chi connectivity index (χ1v) is 14.4. The van der Waals surface area contributed by atoms with Crippen LogP contribution in [-0.2, 0) is 18.4 Å². The van der Waals surface area contributed by atoms with Gasteiger partial charge in [0.25, 0.3) is 0 Å². The van der Waals surface area contributed by atoms with Crippen molar-refractivity contribution >= 4 is 38.3 Å². The molecule has 0 amide bonds. The molecule has 1 saturated heterocycles. The van der Waals surface area contributed by atoms with Gasteiger partial charge in [-0.25, -0.2) is 13.9 Å². The molecule has 3 aromatic rings. The van der Waals surface area contributed by atoms with Gasteiger partial charge in [0.1, 0.15) is 11.9 Å². The van der Waals surface area contributed by atoms with Crippen molar-refractivity contribution in [1.82, 2.24) is 19.6 Å². The highest BCUT2D eigenvalue weighted by molar-refractivity contribution is 7.70. The molecule has 1 aliphatic heterocycles. The van der Waals surface area contributed by atoms with Crippen LogP contribution >= 0.6 is 26.8 Å². The van der Waals surface area contributed by atoms with Crippen molar-refractivity contribution in [3.8, 4) is 0 Å². The molecule has 0 spiro atoms. The van der Waals surface area contributed by atoms with Gasteiger partial charge >= 0.3 is 15.2 Å². The van der Waals surface area contributed by atoms with Gasteiger partial charge in [0.2, 0.25) is 5.28 Å². The van der Waals surface area contributed by atoms with E-state index in [4.69, 9.17) is 30.6 Å². The van der Waals surface area contributed by atoms with Crippen LogP contribution in [0.25, 0.3) is 5.65 Å². The fraction of sp³-hybridized carbons (Fsp3) is 0.421. The second kappa shape index (κ2) is 10.2. The molecule has 190 valence electrons. The van der Waals surface area contributed by atoms with Gasteiger partial charge in [0.15, 0.2) is 17.4 Å². The fourth-order valence-corrected chi connectivity index (χ4v) is 6.52. The Morgan fingerprint density at radius 3 is 2.83 bits per heavy atom. The first-order chi connectivity index (χ1) is 16.4. The minimum atomic E-state index is -4.71. The molecule has 0 bridgehead atoms. The predicted octanol–water partition coefficient (Wildman–Crippen LogP) is 3.65. The van der Waals surface area contributed by atoms with E-state index in [-0.39, 0.29) is 23.7 Å². The van der Waals surface area contributed by atoms with Gasteiger partial charge in [-0.15, -0.1) is 5.10 Å². The standard InChI is InChI=1S/C19H23ClFN5O7P2/c1-11(12-3-2-4-13(21)7-12)23-17-18-22-8-15(26(18)25-19(20)24-17)16-6-5-14(33-16)9-32-35(30,31)10-34(27,28)29/h2-4,7-8,11,14,16H,5-6,9-10H2,1H3,(H,30,31)(H,23,24,25)(H2,27,28,29)/t11-,14-,16+/m0/s1. The highest BCUT2D eigenvalue weighted by Crippen LogP contribution is 2.55. The van der Waals surface area contributed by atoms with E-state index in [2.05, 4.69) is 20.4 Å². The Hall–Kier alpha value is -1.95. The van der Waals surface area contributed by atoms with E-state index in [1.54, 1.807) is 18.3 Å². The van der Waals surface area contributed by atoms with Crippen LogP contribution in [0.15, 0.2) is 30.5 Å². The lowest BCUT2D eigenvalue weighted by Crippen LogP contribution is -2.15. The molecular weight excluding hydrogens is 527 g/mol. The van der Waals surface area contributed by atoms with Crippen molar-refractivity contribution in [2.24, 2.45) is 0 Å². The molecular formula is C19H23ClFN5O7P2. The number of hydrogen-bond donors (Lipinski definition) is 4. The molecule has 35 heavy (non-hydrogen) atoms. The number of imidazole rings is 1. The molecule has 0 aliphatic carbocycles. The number of aromatic nitrogens is 4. The quantitative estimate of drug-likeness (QED) is 0.287. The predicted molar refractivity (Wildman–Crippen MR) is 124 cm³/mol. The minimum Gasteiger partial charge on any atom is -0.366 e. The molecule has 1 fully saturated rings. The number of benzene rings is 1. The van der Waals surface area contributed by atoms with Crippen molar-refractivity contribution in [1.29, 1.82) is 0 Å². The average molecular weight is 550 g/mol. The molecule has 4 N–H and O–H groups in total. The number of hydrogen-bond acceptors (Lipinski definition) is 8. The number of nitrogens with zero attached hydrogens (tertiary/aromatic N) is 4. The van der Waals surface area contributed by atoms with Gasteiger partial charge in [-0.3, -0.25) is 9.13 Å². The second-order valence-corrected chi connectivity index (χ2v) is 12.5. The smallest absolute Gasteiger partial charge is 0.340 e. The molecule has 1 aromatic carbocycles. The normalized spacial score (nSPS) is 21.2. The van der Waals surface area contributed by atoms with Gasteiger partial charge < -0.3 is 29.3 Å². The van der Waals surface area contributed by atoms with Crippen LogP contribution in [0, 0.1) is 5.82 Å². The Kier molecular flexibility index (Phi) is 7.61. The van der Waals surface area contributed by atoms with E-state index in [9.17, 15) is 18.4 Å². The Morgan fingerprint density at radius 1 is 1.34 bits per heavy atom. The summed E-state index contributed by atoms with van der Waals surface area (Å²) in [5.41, 5.74) is 1.64. The molecule has 3 heterocycles. The summed E-state index contributed by atoms with van der Waals surface area (Å²) >= 11 is 6.14. The van der Waals surface area contributed by atoms with Crippen LogP contribution in [0.1, 0.15) is 43.2 Å². The summed E-state index contributed by atoms with van der Waals surface area (Å²) < 4.78 is 48.7. The minimum absolute atomic E-state index is 0.0535. The molecule has 12 nitrogen and oxygen atoms in total. The van der Waals surface area contributed by atoms with Crippen molar-refractivity contribution < 1.29 is 37.5 Å². The number of anilines is 1. The third kappa shape index (κ3) is 6.63. The van der Waals surface area contributed by atoms with Crippen LogP contribution in [0.5, 0.6) is 0 Å². The zero-order chi connectivity index (χ0) is 25.4. The lowest BCUT2D eigenvalue weighted by atomic mass is 10.1. The average Bonchev–Trinajstić information content (AvgIpc) is 3.37. The highest BCUT2D eigenvalue weighted by Gasteiger charge is 2.35. The molecule has 4 rings (SSSR count). The zero-order valence-electron chi connectivity index (χ0n) is 18.4. The van der Waals surface area contributed by atoms with Crippen molar-refractivity contribution in [3.05, 3.63) is 52.8 Å². The van der Waals surface area contributed by atoms with Crippen LogP contribution < -0.4 is 5.32 Å². The van der Waals surface area contributed by atoms with Gasteiger partial charge in [-0.2, -0.15) is 4.98 Å². The number of halogens is 2. The number of nitrogens with one attached hydrogen (secondary N) is 1. The van der Waals surface area contributed by atoms with Crippen LogP contribution in [-0.4, -0.2) is 52.9 Å². The summed E-state index contributed by atoms with van der Waals surface area (Å²) in [6.45, 7) is 1.52.